The van der Waals surface area contributed by atoms with Gasteiger partial charge < -0.3 is 24.0 Å². The molecule has 39 heavy (non-hydrogen) atoms. The highest BCUT2D eigenvalue weighted by molar-refractivity contribution is 5.96. The fraction of sp³-hybridized carbons (Fsp3) is 0.333. The number of anilines is 2. The number of likely N-dealkylation sites (tertiary alicyclic amines) is 1. The Labute approximate surface area is 227 Å². The third kappa shape index (κ3) is 4.71. The fourth-order valence-electron chi connectivity index (χ4n) is 4.81. The molecular weight excluding hydrogens is 508 g/mol. The van der Waals surface area contributed by atoms with Crippen molar-refractivity contribution in [2.75, 3.05) is 38.7 Å². The number of benzene rings is 2. The normalized spacial score (nSPS) is 20.2. The predicted octanol–water partition coefficient (Wildman–Crippen LogP) is 4.48. The minimum atomic E-state index is -3.15. The van der Waals surface area contributed by atoms with Gasteiger partial charge in [-0.2, -0.15) is 5.10 Å². The van der Waals surface area contributed by atoms with E-state index < -0.39 is 25.6 Å². The van der Waals surface area contributed by atoms with E-state index >= 15 is 0 Å². The highest BCUT2D eigenvalue weighted by atomic mass is 19.3. The van der Waals surface area contributed by atoms with Gasteiger partial charge in [0.05, 0.1) is 28.9 Å². The van der Waals surface area contributed by atoms with Crippen LogP contribution in [-0.2, 0) is 0 Å². The Balaban J connectivity index is 1.32. The second-order valence-electron chi connectivity index (χ2n) is 9.54. The molecule has 1 saturated heterocycles. The van der Waals surface area contributed by atoms with Gasteiger partial charge in [0, 0.05) is 30.9 Å². The van der Waals surface area contributed by atoms with Crippen LogP contribution in [0.5, 0.6) is 23.1 Å². The Kier molecular flexibility index (Phi) is 5.41. The molecule has 10 nitrogen and oxygen atoms in total. The zero-order valence-electron chi connectivity index (χ0n) is 24.2. The summed E-state index contributed by atoms with van der Waals surface area (Å²) in [6.07, 6.45) is 3.02. The number of aryl methyl sites for hydroxylation is 1. The maximum absolute atomic E-state index is 15.0. The summed E-state index contributed by atoms with van der Waals surface area (Å²) in [5, 5.41) is 4.02. The molecular formula is C27H27F2N7O3. The summed E-state index contributed by atoms with van der Waals surface area (Å²) < 4.78 is 71.3. The number of nitrogens with zero attached hydrogens (tertiary/aromatic N) is 7. The van der Waals surface area contributed by atoms with Crippen molar-refractivity contribution >= 4 is 23.2 Å². The number of aromatic nitrogens is 4. The lowest BCUT2D eigenvalue weighted by Crippen LogP contribution is -2.52. The van der Waals surface area contributed by atoms with Crippen LogP contribution in [0.4, 0.5) is 20.2 Å². The van der Waals surface area contributed by atoms with Gasteiger partial charge in [0.1, 0.15) is 25.1 Å². The first kappa shape index (κ1) is 21.6. The van der Waals surface area contributed by atoms with Crippen molar-refractivity contribution in [3.63, 3.8) is 0 Å². The van der Waals surface area contributed by atoms with Gasteiger partial charge in [-0.3, -0.25) is 4.99 Å². The molecule has 6 rings (SSSR count). The molecule has 202 valence electrons. The van der Waals surface area contributed by atoms with Gasteiger partial charge in [-0.15, -0.1) is 0 Å². The van der Waals surface area contributed by atoms with Crippen LogP contribution in [0.1, 0.15) is 21.7 Å². The molecule has 0 radical (unpaired) electrons. The summed E-state index contributed by atoms with van der Waals surface area (Å²) in [5.74, 6) is -2.47. The molecule has 2 aliphatic heterocycles. The van der Waals surface area contributed by atoms with Crippen molar-refractivity contribution in [1.29, 1.82) is 0 Å². The first-order valence-corrected chi connectivity index (χ1v) is 12.3. The Bertz CT molecular complexity index is 1660. The Morgan fingerprint density at radius 1 is 1.13 bits per heavy atom. The van der Waals surface area contributed by atoms with Gasteiger partial charge >= 0.3 is 0 Å². The van der Waals surface area contributed by atoms with Crippen LogP contribution in [0, 0.1) is 6.92 Å². The summed E-state index contributed by atoms with van der Waals surface area (Å²) in [7, 11) is -1.19. The van der Waals surface area contributed by atoms with E-state index in [9.17, 15) is 8.78 Å². The van der Waals surface area contributed by atoms with Gasteiger partial charge in [-0.05, 0) is 49.9 Å². The number of ether oxygens (including phenoxy) is 3. The molecule has 0 unspecified atom stereocenters. The van der Waals surface area contributed by atoms with E-state index in [4.69, 9.17) is 18.3 Å². The maximum atomic E-state index is 15.0. The molecule has 0 aliphatic carbocycles. The average molecular weight is 539 g/mol. The third-order valence-electron chi connectivity index (χ3n) is 6.80. The van der Waals surface area contributed by atoms with Crippen LogP contribution in [0.2, 0.25) is 0 Å². The minimum Gasteiger partial charge on any atom is -0.493 e. The lowest BCUT2D eigenvalue weighted by Gasteiger charge is -2.37. The zero-order chi connectivity index (χ0) is 29.6. The molecule has 2 aliphatic rings. The summed E-state index contributed by atoms with van der Waals surface area (Å²) in [6, 6.07) is 10.3. The number of piperidine rings is 1. The molecule has 0 N–H and O–H groups in total. The van der Waals surface area contributed by atoms with E-state index in [0.29, 0.717) is 35.1 Å². The SMILES string of the molecule is [2H]C([2H])([2H])Oc1ccc2c(c1O[C@@H]1CCN(C)CC1(F)F)C=NCN2c1ccc(Oc2cc3ncnn3cn2)c(C)c1. The number of hydrogen-bond donors (Lipinski definition) is 0. The zero-order valence-corrected chi connectivity index (χ0v) is 21.2. The number of fused-ring (bicyclic) bond motifs is 2. The molecule has 0 bridgehead atoms. The van der Waals surface area contributed by atoms with Gasteiger partial charge in [-0.1, -0.05) is 0 Å². The third-order valence-corrected chi connectivity index (χ3v) is 6.80. The molecule has 1 fully saturated rings. The molecule has 0 spiro atoms. The molecule has 2 aromatic heterocycles. The smallest absolute Gasteiger partial charge is 0.296 e. The number of halogens is 2. The number of hydrogen-bond acceptors (Lipinski definition) is 9. The summed E-state index contributed by atoms with van der Waals surface area (Å²) in [5.41, 5.74) is 3.09. The molecule has 4 heterocycles. The van der Waals surface area contributed by atoms with Gasteiger partial charge in [-0.25, -0.2) is 23.3 Å². The fourth-order valence-corrected chi connectivity index (χ4v) is 4.81. The van der Waals surface area contributed by atoms with Crippen molar-refractivity contribution in [3.8, 4) is 23.1 Å². The predicted molar refractivity (Wildman–Crippen MR) is 141 cm³/mol. The minimum absolute atomic E-state index is 0.0563. The van der Waals surface area contributed by atoms with E-state index in [-0.39, 0.29) is 24.6 Å². The van der Waals surface area contributed by atoms with Crippen molar-refractivity contribution < 1.29 is 27.1 Å². The molecule has 2 aromatic carbocycles. The second-order valence-corrected chi connectivity index (χ2v) is 9.54. The summed E-state index contributed by atoms with van der Waals surface area (Å²) in [6.45, 7) is 2.05. The summed E-state index contributed by atoms with van der Waals surface area (Å²) in [4.78, 5) is 16.2. The first-order valence-electron chi connectivity index (χ1n) is 13.8. The Hall–Kier alpha value is -4.32. The van der Waals surface area contributed by atoms with Gasteiger partial charge in [0.2, 0.25) is 5.88 Å². The van der Waals surface area contributed by atoms with E-state index in [1.165, 1.54) is 34.4 Å². The Morgan fingerprint density at radius 2 is 2.00 bits per heavy atom. The topological polar surface area (TPSA) is 89.6 Å². The molecule has 1 atom stereocenters. The summed E-state index contributed by atoms with van der Waals surface area (Å²) >= 11 is 0. The van der Waals surface area contributed by atoms with Crippen molar-refractivity contribution in [2.45, 2.75) is 25.4 Å². The van der Waals surface area contributed by atoms with Crippen LogP contribution in [0.15, 0.2) is 54.0 Å². The highest BCUT2D eigenvalue weighted by Gasteiger charge is 2.46. The number of alkyl halides is 2. The monoisotopic (exact) mass is 538 g/mol. The van der Waals surface area contributed by atoms with Gasteiger partial charge in [0.25, 0.3) is 5.92 Å². The highest BCUT2D eigenvalue weighted by Crippen LogP contribution is 2.43. The van der Waals surface area contributed by atoms with Crippen molar-refractivity contribution in [1.82, 2.24) is 24.5 Å². The van der Waals surface area contributed by atoms with Crippen LogP contribution >= 0.6 is 0 Å². The quantitative estimate of drug-likeness (QED) is 0.355. The van der Waals surface area contributed by atoms with Crippen LogP contribution in [-0.4, -0.2) is 76.6 Å². The standard InChI is InChI=1S/C27H27F2N7O3/c1-17-10-18(4-6-21(17)38-25-11-24-31-14-33-36(24)16-32-25)35-15-30-12-19-20(35)5-7-22(37-3)26(19)39-23-8-9-34(2)13-27(23,28)29/h4-7,10-12,14,16,23H,8-9,13,15H2,1-3H3/t23-/m1/s1/i3D3. The van der Waals surface area contributed by atoms with Crippen LogP contribution < -0.4 is 19.1 Å². The van der Waals surface area contributed by atoms with Crippen molar-refractivity contribution in [3.05, 3.63) is 60.2 Å². The van der Waals surface area contributed by atoms with E-state index in [0.717, 1.165) is 11.3 Å². The lowest BCUT2D eigenvalue weighted by molar-refractivity contribution is -0.135. The Morgan fingerprint density at radius 3 is 2.82 bits per heavy atom. The van der Waals surface area contributed by atoms with Crippen molar-refractivity contribution in [2.24, 2.45) is 4.99 Å². The number of rotatable bonds is 6. The molecule has 12 heteroatoms. The number of methoxy groups -OCH3 is 1. The van der Waals surface area contributed by atoms with E-state index in [1.54, 1.807) is 25.2 Å². The largest absolute Gasteiger partial charge is 0.493 e. The molecule has 0 saturated carbocycles. The molecule has 0 amide bonds. The second kappa shape index (κ2) is 9.77. The number of aliphatic imine (C=N–C) groups is 1. The maximum Gasteiger partial charge on any atom is 0.296 e. The van der Waals surface area contributed by atoms with E-state index in [2.05, 4.69) is 20.1 Å². The molecule has 4 aromatic rings. The van der Waals surface area contributed by atoms with Gasteiger partial charge in [0.15, 0.2) is 23.3 Å². The lowest BCUT2D eigenvalue weighted by atomic mass is 10.0. The average Bonchev–Trinajstić information content (AvgIpc) is 3.39. The van der Waals surface area contributed by atoms with Crippen LogP contribution in [0.25, 0.3) is 5.65 Å². The first-order chi connectivity index (χ1) is 20.0. The van der Waals surface area contributed by atoms with Crippen LogP contribution in [0.3, 0.4) is 0 Å². The van der Waals surface area contributed by atoms with E-state index in [1.807, 2.05) is 24.0 Å².